The third kappa shape index (κ3) is 3.07. The lowest BCUT2D eigenvalue weighted by atomic mass is 9.88. The highest BCUT2D eigenvalue weighted by Crippen LogP contribution is 2.29. The van der Waals surface area contributed by atoms with E-state index in [-0.39, 0.29) is 11.9 Å². The topological polar surface area (TPSA) is 41.5 Å². The van der Waals surface area contributed by atoms with Gasteiger partial charge in [0, 0.05) is 18.2 Å². The van der Waals surface area contributed by atoms with Gasteiger partial charge in [0.25, 0.3) is 0 Å². The standard InChI is InChI=1S/C14H20FNO2/c1-10-3-4-13(15)12(7-10)14(2,17)8-11-9-18-6-5-16-11/h3-4,7,11,16-17H,5-6,8-9H2,1-2H3. The van der Waals surface area contributed by atoms with E-state index in [1.807, 2.05) is 6.92 Å². The Bertz CT molecular complexity index is 414. The summed E-state index contributed by atoms with van der Waals surface area (Å²) in [6.07, 6.45) is 0.438. The number of hydrogen-bond donors (Lipinski definition) is 2. The Kier molecular flexibility index (Phi) is 4.00. The number of morpholine rings is 1. The van der Waals surface area contributed by atoms with Crippen LogP contribution in [0.5, 0.6) is 0 Å². The third-order valence-electron chi connectivity index (χ3n) is 3.34. The number of hydrogen-bond acceptors (Lipinski definition) is 3. The van der Waals surface area contributed by atoms with Crippen LogP contribution in [0.2, 0.25) is 0 Å². The molecule has 2 N–H and O–H groups in total. The fourth-order valence-corrected chi connectivity index (χ4v) is 2.39. The molecule has 1 aliphatic rings. The van der Waals surface area contributed by atoms with E-state index in [1.54, 1.807) is 19.1 Å². The molecule has 1 fully saturated rings. The summed E-state index contributed by atoms with van der Waals surface area (Å²) in [5, 5.41) is 13.8. The maximum absolute atomic E-state index is 13.8. The maximum atomic E-state index is 13.8. The highest BCUT2D eigenvalue weighted by Gasteiger charge is 2.31. The van der Waals surface area contributed by atoms with Crippen LogP contribution in [0.15, 0.2) is 18.2 Å². The van der Waals surface area contributed by atoms with Gasteiger partial charge in [-0.05, 0) is 26.3 Å². The van der Waals surface area contributed by atoms with Gasteiger partial charge in [-0.25, -0.2) is 4.39 Å². The van der Waals surface area contributed by atoms with Crippen molar-refractivity contribution in [2.45, 2.75) is 31.9 Å². The predicted molar refractivity (Wildman–Crippen MR) is 67.9 cm³/mol. The van der Waals surface area contributed by atoms with Crippen LogP contribution < -0.4 is 5.32 Å². The summed E-state index contributed by atoms with van der Waals surface area (Å²) >= 11 is 0. The van der Waals surface area contributed by atoms with Crippen molar-refractivity contribution in [3.8, 4) is 0 Å². The minimum Gasteiger partial charge on any atom is -0.385 e. The molecule has 1 aromatic rings. The van der Waals surface area contributed by atoms with Crippen LogP contribution in [0.1, 0.15) is 24.5 Å². The number of aryl methyl sites for hydroxylation is 1. The van der Waals surface area contributed by atoms with Crippen molar-refractivity contribution < 1.29 is 14.2 Å². The van der Waals surface area contributed by atoms with Gasteiger partial charge in [0.05, 0.1) is 18.8 Å². The van der Waals surface area contributed by atoms with Crippen molar-refractivity contribution >= 4 is 0 Å². The lowest BCUT2D eigenvalue weighted by Gasteiger charge is -2.32. The number of nitrogens with one attached hydrogen (secondary N) is 1. The van der Waals surface area contributed by atoms with Crippen LogP contribution in [0.4, 0.5) is 4.39 Å². The first-order chi connectivity index (χ1) is 8.49. The van der Waals surface area contributed by atoms with E-state index in [0.29, 0.717) is 25.2 Å². The number of halogens is 1. The van der Waals surface area contributed by atoms with Crippen molar-refractivity contribution in [1.82, 2.24) is 5.32 Å². The Balaban J connectivity index is 2.15. The second kappa shape index (κ2) is 5.34. The molecule has 0 aromatic heterocycles. The molecular weight excluding hydrogens is 233 g/mol. The van der Waals surface area contributed by atoms with E-state index < -0.39 is 5.60 Å². The highest BCUT2D eigenvalue weighted by molar-refractivity contribution is 5.28. The summed E-state index contributed by atoms with van der Waals surface area (Å²) in [7, 11) is 0. The zero-order valence-electron chi connectivity index (χ0n) is 10.9. The van der Waals surface area contributed by atoms with Crippen LogP contribution in [-0.4, -0.2) is 30.9 Å². The molecule has 100 valence electrons. The Morgan fingerprint density at radius 1 is 1.56 bits per heavy atom. The molecule has 0 amide bonds. The molecule has 0 bridgehead atoms. The quantitative estimate of drug-likeness (QED) is 0.862. The smallest absolute Gasteiger partial charge is 0.129 e. The van der Waals surface area contributed by atoms with Crippen molar-refractivity contribution in [3.05, 3.63) is 35.1 Å². The minimum absolute atomic E-state index is 0.0636. The van der Waals surface area contributed by atoms with E-state index in [2.05, 4.69) is 5.32 Å². The fraction of sp³-hybridized carbons (Fsp3) is 0.571. The van der Waals surface area contributed by atoms with Crippen LogP contribution >= 0.6 is 0 Å². The first kappa shape index (κ1) is 13.5. The molecule has 2 unspecified atom stereocenters. The van der Waals surface area contributed by atoms with Gasteiger partial charge in [-0.2, -0.15) is 0 Å². The zero-order valence-corrected chi connectivity index (χ0v) is 10.9. The molecule has 0 spiro atoms. The first-order valence-corrected chi connectivity index (χ1v) is 6.29. The Hall–Kier alpha value is -0.970. The highest BCUT2D eigenvalue weighted by atomic mass is 19.1. The van der Waals surface area contributed by atoms with Gasteiger partial charge in [-0.3, -0.25) is 0 Å². The Morgan fingerprint density at radius 3 is 3.00 bits per heavy atom. The molecule has 0 saturated carbocycles. The van der Waals surface area contributed by atoms with Gasteiger partial charge in [0.2, 0.25) is 0 Å². The maximum Gasteiger partial charge on any atom is 0.129 e. The third-order valence-corrected chi connectivity index (χ3v) is 3.34. The molecule has 4 heteroatoms. The van der Waals surface area contributed by atoms with Crippen LogP contribution in [-0.2, 0) is 10.3 Å². The number of rotatable bonds is 3. The van der Waals surface area contributed by atoms with E-state index >= 15 is 0 Å². The normalized spacial score (nSPS) is 23.7. The van der Waals surface area contributed by atoms with Gasteiger partial charge < -0.3 is 15.2 Å². The van der Waals surface area contributed by atoms with Gasteiger partial charge >= 0.3 is 0 Å². The average molecular weight is 253 g/mol. The zero-order chi connectivity index (χ0) is 13.2. The second-order valence-corrected chi connectivity index (χ2v) is 5.19. The molecule has 1 heterocycles. The summed E-state index contributed by atoms with van der Waals surface area (Å²) in [5.74, 6) is -0.359. The fourth-order valence-electron chi connectivity index (χ4n) is 2.39. The van der Waals surface area contributed by atoms with Gasteiger partial charge in [-0.15, -0.1) is 0 Å². The second-order valence-electron chi connectivity index (χ2n) is 5.19. The number of aliphatic hydroxyl groups is 1. The summed E-state index contributed by atoms with van der Waals surface area (Å²) in [5.41, 5.74) is 0.114. The summed E-state index contributed by atoms with van der Waals surface area (Å²) in [6.45, 7) is 5.57. The average Bonchev–Trinajstić information content (AvgIpc) is 2.33. The number of ether oxygens (including phenoxy) is 1. The van der Waals surface area contributed by atoms with Crippen LogP contribution in [0, 0.1) is 12.7 Å². The Morgan fingerprint density at radius 2 is 2.33 bits per heavy atom. The largest absolute Gasteiger partial charge is 0.385 e. The molecule has 1 aliphatic heterocycles. The van der Waals surface area contributed by atoms with Gasteiger partial charge in [-0.1, -0.05) is 17.7 Å². The van der Waals surface area contributed by atoms with E-state index in [4.69, 9.17) is 4.74 Å². The summed E-state index contributed by atoms with van der Waals surface area (Å²) in [6, 6.07) is 4.88. The lowest BCUT2D eigenvalue weighted by molar-refractivity contribution is 0.00108. The van der Waals surface area contributed by atoms with Gasteiger partial charge in [0.15, 0.2) is 0 Å². The predicted octanol–water partition coefficient (Wildman–Crippen LogP) is 1.72. The molecule has 3 nitrogen and oxygen atoms in total. The molecule has 2 atom stereocenters. The Labute approximate surface area is 107 Å². The summed E-state index contributed by atoms with van der Waals surface area (Å²) < 4.78 is 19.2. The van der Waals surface area contributed by atoms with Crippen molar-refractivity contribution in [2.75, 3.05) is 19.8 Å². The summed E-state index contributed by atoms with van der Waals surface area (Å²) in [4.78, 5) is 0. The minimum atomic E-state index is -1.19. The van der Waals surface area contributed by atoms with Crippen molar-refractivity contribution in [1.29, 1.82) is 0 Å². The molecule has 18 heavy (non-hydrogen) atoms. The van der Waals surface area contributed by atoms with Crippen LogP contribution in [0.3, 0.4) is 0 Å². The first-order valence-electron chi connectivity index (χ1n) is 6.29. The van der Waals surface area contributed by atoms with E-state index in [9.17, 15) is 9.50 Å². The van der Waals surface area contributed by atoms with E-state index in [1.165, 1.54) is 6.07 Å². The molecule has 1 aromatic carbocycles. The molecule has 0 aliphatic carbocycles. The van der Waals surface area contributed by atoms with Crippen LogP contribution in [0.25, 0.3) is 0 Å². The van der Waals surface area contributed by atoms with Crippen molar-refractivity contribution in [2.24, 2.45) is 0 Å². The molecular formula is C14H20FNO2. The molecule has 0 radical (unpaired) electrons. The molecule has 2 rings (SSSR count). The van der Waals surface area contributed by atoms with Gasteiger partial charge in [0.1, 0.15) is 5.82 Å². The monoisotopic (exact) mass is 253 g/mol. The number of benzene rings is 1. The van der Waals surface area contributed by atoms with Crippen molar-refractivity contribution in [3.63, 3.8) is 0 Å². The molecule has 1 saturated heterocycles. The SMILES string of the molecule is Cc1ccc(F)c(C(C)(O)CC2COCCN2)c1. The van der Waals surface area contributed by atoms with E-state index in [0.717, 1.165) is 12.1 Å². The lowest BCUT2D eigenvalue weighted by Crippen LogP contribution is -2.45.